The number of aliphatic hydroxyl groups is 1. The van der Waals surface area contributed by atoms with Gasteiger partial charge < -0.3 is 10.4 Å². The first kappa shape index (κ1) is 13.7. The molecule has 0 bridgehead atoms. The van der Waals surface area contributed by atoms with Gasteiger partial charge in [0.1, 0.15) is 0 Å². The van der Waals surface area contributed by atoms with Gasteiger partial charge in [0.25, 0.3) is 0 Å². The molecule has 0 aliphatic carbocycles. The molecule has 0 spiro atoms. The van der Waals surface area contributed by atoms with Gasteiger partial charge in [0, 0.05) is 19.1 Å². The van der Waals surface area contributed by atoms with E-state index in [0.717, 1.165) is 35.4 Å². The minimum Gasteiger partial charge on any atom is -0.395 e. The molecule has 0 saturated carbocycles. The Kier molecular flexibility index (Phi) is 5.44. The first-order valence-electron chi connectivity index (χ1n) is 5.70. The summed E-state index contributed by atoms with van der Waals surface area (Å²) >= 11 is 3.55. The standard InChI is InChI=1S/C11H20BrN3O/c1-4-9(7-16)13-6-10-11(12)8(3)14-15(10)5-2/h9,13,16H,4-7H2,1-3H3. The van der Waals surface area contributed by atoms with Gasteiger partial charge >= 0.3 is 0 Å². The molecule has 0 aromatic carbocycles. The average Bonchev–Trinajstić information content (AvgIpc) is 2.57. The van der Waals surface area contributed by atoms with Crippen LogP contribution in [0.1, 0.15) is 31.7 Å². The van der Waals surface area contributed by atoms with Crippen LogP contribution in [0.4, 0.5) is 0 Å². The van der Waals surface area contributed by atoms with Crippen LogP contribution >= 0.6 is 15.9 Å². The normalized spacial score (nSPS) is 13.1. The summed E-state index contributed by atoms with van der Waals surface area (Å²) in [5.74, 6) is 0. The van der Waals surface area contributed by atoms with Gasteiger partial charge in [0.15, 0.2) is 0 Å². The molecule has 1 atom stereocenters. The zero-order valence-corrected chi connectivity index (χ0v) is 11.7. The fourth-order valence-electron chi connectivity index (χ4n) is 1.62. The van der Waals surface area contributed by atoms with Crippen LogP contribution in [0, 0.1) is 6.92 Å². The zero-order valence-electron chi connectivity index (χ0n) is 10.1. The molecule has 1 aromatic heterocycles. The number of halogens is 1. The third-order valence-electron chi connectivity index (χ3n) is 2.72. The number of hydrogen-bond donors (Lipinski definition) is 2. The minimum absolute atomic E-state index is 0.160. The topological polar surface area (TPSA) is 50.1 Å². The molecular formula is C11H20BrN3O. The maximum atomic E-state index is 9.11. The molecule has 16 heavy (non-hydrogen) atoms. The monoisotopic (exact) mass is 289 g/mol. The molecule has 92 valence electrons. The summed E-state index contributed by atoms with van der Waals surface area (Å²) in [6.07, 6.45) is 0.924. The lowest BCUT2D eigenvalue weighted by atomic mass is 10.2. The Morgan fingerprint density at radius 3 is 2.69 bits per heavy atom. The van der Waals surface area contributed by atoms with E-state index in [2.05, 4.69) is 40.2 Å². The highest BCUT2D eigenvalue weighted by atomic mass is 79.9. The Balaban J connectivity index is 2.72. The summed E-state index contributed by atoms with van der Waals surface area (Å²) < 4.78 is 3.05. The quantitative estimate of drug-likeness (QED) is 0.840. The summed E-state index contributed by atoms with van der Waals surface area (Å²) in [7, 11) is 0. The molecule has 0 radical (unpaired) electrons. The number of hydrogen-bond acceptors (Lipinski definition) is 3. The Hall–Kier alpha value is -0.390. The molecule has 5 heteroatoms. The van der Waals surface area contributed by atoms with E-state index in [0.29, 0.717) is 0 Å². The van der Waals surface area contributed by atoms with E-state index in [4.69, 9.17) is 5.11 Å². The molecule has 1 unspecified atom stereocenters. The first-order valence-corrected chi connectivity index (χ1v) is 6.49. The van der Waals surface area contributed by atoms with Crippen molar-refractivity contribution >= 4 is 15.9 Å². The van der Waals surface area contributed by atoms with Crippen molar-refractivity contribution in [2.45, 2.75) is 46.3 Å². The fraction of sp³-hybridized carbons (Fsp3) is 0.727. The van der Waals surface area contributed by atoms with Gasteiger partial charge in [-0.05, 0) is 36.2 Å². The lowest BCUT2D eigenvalue weighted by Crippen LogP contribution is -2.32. The smallest absolute Gasteiger partial charge is 0.0739 e. The first-order chi connectivity index (χ1) is 7.63. The van der Waals surface area contributed by atoms with Crippen LogP contribution in [0.15, 0.2) is 4.47 Å². The van der Waals surface area contributed by atoms with Gasteiger partial charge in [-0.1, -0.05) is 6.92 Å². The second kappa shape index (κ2) is 6.37. The number of aromatic nitrogens is 2. The molecule has 0 aliphatic heterocycles. The SMILES string of the molecule is CCC(CO)NCc1c(Br)c(C)nn1CC. The Bertz CT molecular complexity index is 334. The lowest BCUT2D eigenvalue weighted by molar-refractivity contribution is 0.237. The van der Waals surface area contributed by atoms with Crippen LogP contribution in [-0.2, 0) is 13.1 Å². The maximum absolute atomic E-state index is 9.11. The lowest BCUT2D eigenvalue weighted by Gasteiger charge is -2.14. The largest absolute Gasteiger partial charge is 0.395 e. The molecule has 0 aliphatic rings. The van der Waals surface area contributed by atoms with Crippen LogP contribution in [0.25, 0.3) is 0 Å². The van der Waals surface area contributed by atoms with Crippen LogP contribution in [-0.4, -0.2) is 27.5 Å². The minimum atomic E-state index is 0.160. The highest BCUT2D eigenvalue weighted by Gasteiger charge is 2.13. The van der Waals surface area contributed by atoms with Crippen molar-refractivity contribution in [2.75, 3.05) is 6.61 Å². The van der Waals surface area contributed by atoms with E-state index in [1.165, 1.54) is 0 Å². The predicted octanol–water partition coefficient (Wildman–Crippen LogP) is 1.83. The Morgan fingerprint density at radius 2 is 2.19 bits per heavy atom. The number of nitrogens with zero attached hydrogens (tertiary/aromatic N) is 2. The van der Waals surface area contributed by atoms with Gasteiger partial charge in [-0.3, -0.25) is 4.68 Å². The number of rotatable bonds is 6. The molecule has 1 aromatic rings. The van der Waals surface area contributed by atoms with Gasteiger partial charge in [-0.25, -0.2) is 0 Å². The van der Waals surface area contributed by atoms with Crippen molar-refractivity contribution in [3.8, 4) is 0 Å². The molecule has 4 nitrogen and oxygen atoms in total. The van der Waals surface area contributed by atoms with E-state index in [1.54, 1.807) is 0 Å². The number of nitrogens with one attached hydrogen (secondary N) is 1. The third-order valence-corrected chi connectivity index (χ3v) is 3.76. The molecule has 0 saturated heterocycles. The summed E-state index contributed by atoms with van der Waals surface area (Å²) in [4.78, 5) is 0. The summed E-state index contributed by atoms with van der Waals surface area (Å²) in [6.45, 7) is 7.89. The van der Waals surface area contributed by atoms with Gasteiger partial charge in [0.2, 0.25) is 0 Å². The number of aryl methyl sites for hydroxylation is 2. The predicted molar refractivity (Wildman–Crippen MR) is 68.3 cm³/mol. The molecule has 0 fully saturated rings. The molecule has 0 amide bonds. The third kappa shape index (κ3) is 3.06. The summed E-state index contributed by atoms with van der Waals surface area (Å²) in [5.41, 5.74) is 2.16. The van der Waals surface area contributed by atoms with Crippen LogP contribution in [0.3, 0.4) is 0 Å². The highest BCUT2D eigenvalue weighted by molar-refractivity contribution is 9.10. The second-order valence-corrected chi connectivity index (χ2v) is 4.62. The van der Waals surface area contributed by atoms with Crippen molar-refractivity contribution in [3.05, 3.63) is 15.9 Å². The van der Waals surface area contributed by atoms with Gasteiger partial charge in [0.05, 0.1) is 22.5 Å². The Labute approximate surface area is 105 Å². The van der Waals surface area contributed by atoms with Crippen molar-refractivity contribution in [2.24, 2.45) is 0 Å². The summed E-state index contributed by atoms with van der Waals surface area (Å²) in [6, 6.07) is 0.160. The molecule has 1 rings (SSSR count). The van der Waals surface area contributed by atoms with Crippen molar-refractivity contribution in [1.29, 1.82) is 0 Å². The summed E-state index contributed by atoms with van der Waals surface area (Å²) in [5, 5.41) is 16.9. The van der Waals surface area contributed by atoms with Gasteiger partial charge in [-0.2, -0.15) is 5.10 Å². The zero-order chi connectivity index (χ0) is 12.1. The number of aliphatic hydroxyl groups excluding tert-OH is 1. The highest BCUT2D eigenvalue weighted by Crippen LogP contribution is 2.20. The van der Waals surface area contributed by atoms with Crippen LogP contribution in [0.5, 0.6) is 0 Å². The second-order valence-electron chi connectivity index (χ2n) is 3.83. The molecular weight excluding hydrogens is 270 g/mol. The van der Waals surface area contributed by atoms with E-state index in [9.17, 15) is 0 Å². The van der Waals surface area contributed by atoms with E-state index < -0.39 is 0 Å². The average molecular weight is 290 g/mol. The van der Waals surface area contributed by atoms with Gasteiger partial charge in [-0.15, -0.1) is 0 Å². The van der Waals surface area contributed by atoms with E-state index in [-0.39, 0.29) is 12.6 Å². The van der Waals surface area contributed by atoms with E-state index >= 15 is 0 Å². The molecule has 1 heterocycles. The van der Waals surface area contributed by atoms with E-state index in [1.807, 2.05) is 11.6 Å². The van der Waals surface area contributed by atoms with Crippen LogP contribution in [0.2, 0.25) is 0 Å². The fourth-order valence-corrected chi connectivity index (χ4v) is 2.04. The van der Waals surface area contributed by atoms with Crippen molar-refractivity contribution < 1.29 is 5.11 Å². The van der Waals surface area contributed by atoms with Crippen LogP contribution < -0.4 is 5.32 Å². The molecule has 2 N–H and O–H groups in total. The van der Waals surface area contributed by atoms with Crippen molar-refractivity contribution in [3.63, 3.8) is 0 Å². The maximum Gasteiger partial charge on any atom is 0.0739 e. The Morgan fingerprint density at radius 1 is 1.50 bits per heavy atom. The van der Waals surface area contributed by atoms with Crippen molar-refractivity contribution in [1.82, 2.24) is 15.1 Å².